The first-order chi connectivity index (χ1) is 17.3. The van der Waals surface area contributed by atoms with Gasteiger partial charge in [-0.2, -0.15) is 5.10 Å². The Labute approximate surface area is 205 Å². The molecular formula is C25H23FN4O6. The molecule has 0 aliphatic rings. The van der Waals surface area contributed by atoms with Gasteiger partial charge in [-0.25, -0.2) is 9.82 Å². The number of carbonyl (C=O) groups excluding carboxylic acids is 2. The monoisotopic (exact) mass is 494 g/mol. The largest absolute Gasteiger partial charge is 0.493 e. The van der Waals surface area contributed by atoms with E-state index in [9.17, 15) is 24.1 Å². The summed E-state index contributed by atoms with van der Waals surface area (Å²) in [5.41, 5.74) is 4.13. The molecule has 0 aliphatic carbocycles. The molecule has 3 aromatic carbocycles. The summed E-state index contributed by atoms with van der Waals surface area (Å²) in [5, 5.41) is 17.2. The average Bonchev–Trinajstić information content (AvgIpc) is 2.88. The summed E-state index contributed by atoms with van der Waals surface area (Å²) in [6, 6.07) is 16.4. The highest BCUT2D eigenvalue weighted by atomic mass is 19.1. The maximum atomic E-state index is 12.9. The summed E-state index contributed by atoms with van der Waals surface area (Å²) in [4.78, 5) is 34.2. The van der Waals surface area contributed by atoms with Crippen molar-refractivity contribution in [2.24, 2.45) is 5.10 Å². The molecule has 0 unspecified atom stereocenters. The van der Waals surface area contributed by atoms with Crippen LogP contribution >= 0.6 is 0 Å². The number of hydrogen-bond donors (Lipinski definition) is 2. The number of non-ortho nitro benzene ring substituents is 1. The first-order valence-electron chi connectivity index (χ1n) is 10.8. The van der Waals surface area contributed by atoms with E-state index in [1.807, 2.05) is 0 Å². The number of benzene rings is 3. The lowest BCUT2D eigenvalue weighted by atomic mass is 10.2. The molecule has 2 N–H and O–H groups in total. The highest BCUT2D eigenvalue weighted by Crippen LogP contribution is 2.28. The van der Waals surface area contributed by atoms with Crippen LogP contribution < -0.4 is 20.2 Å². The minimum atomic E-state index is -0.474. The summed E-state index contributed by atoms with van der Waals surface area (Å²) < 4.78 is 24.0. The lowest BCUT2D eigenvalue weighted by Gasteiger charge is -2.11. The van der Waals surface area contributed by atoms with Crippen LogP contribution in [0.4, 0.5) is 15.8 Å². The zero-order valence-corrected chi connectivity index (χ0v) is 19.3. The SMILES string of the molecule is COc1ccc(C=NNC(=O)CCC(=O)Nc2ccc(F)cc2)cc1OCc1ccc([N+](=O)[O-])cc1. The van der Waals surface area contributed by atoms with Gasteiger partial charge in [-0.1, -0.05) is 0 Å². The fraction of sp³-hybridized carbons (Fsp3) is 0.160. The van der Waals surface area contributed by atoms with Gasteiger partial charge >= 0.3 is 0 Å². The maximum Gasteiger partial charge on any atom is 0.269 e. The number of methoxy groups -OCH3 is 1. The molecule has 0 spiro atoms. The molecule has 36 heavy (non-hydrogen) atoms. The van der Waals surface area contributed by atoms with Crippen molar-refractivity contribution in [2.45, 2.75) is 19.4 Å². The normalized spacial score (nSPS) is 10.6. The van der Waals surface area contributed by atoms with E-state index < -0.39 is 16.6 Å². The molecule has 0 bridgehead atoms. The van der Waals surface area contributed by atoms with Crippen LogP contribution in [-0.4, -0.2) is 30.1 Å². The lowest BCUT2D eigenvalue weighted by Crippen LogP contribution is -2.20. The van der Waals surface area contributed by atoms with Crippen molar-refractivity contribution in [2.75, 3.05) is 12.4 Å². The molecule has 0 saturated heterocycles. The van der Waals surface area contributed by atoms with E-state index >= 15 is 0 Å². The smallest absolute Gasteiger partial charge is 0.269 e. The van der Waals surface area contributed by atoms with E-state index in [1.54, 1.807) is 30.3 Å². The van der Waals surface area contributed by atoms with Crippen molar-refractivity contribution >= 4 is 29.4 Å². The van der Waals surface area contributed by atoms with Crippen LogP contribution in [0.2, 0.25) is 0 Å². The second-order valence-electron chi connectivity index (χ2n) is 7.47. The third-order valence-electron chi connectivity index (χ3n) is 4.84. The molecule has 3 rings (SSSR count). The molecule has 10 nitrogen and oxygen atoms in total. The molecule has 0 saturated carbocycles. The van der Waals surface area contributed by atoms with Crippen LogP contribution in [0, 0.1) is 15.9 Å². The molecule has 3 aromatic rings. The number of nitro groups is 1. The van der Waals surface area contributed by atoms with E-state index in [-0.39, 0.29) is 31.0 Å². The summed E-state index contributed by atoms with van der Waals surface area (Å²) in [5.74, 6) is -0.353. The summed E-state index contributed by atoms with van der Waals surface area (Å²) in [6.07, 6.45) is 1.26. The number of hydrogen-bond acceptors (Lipinski definition) is 7. The molecular weight excluding hydrogens is 471 g/mol. The number of rotatable bonds is 11. The number of nitro benzene ring substituents is 1. The summed E-state index contributed by atoms with van der Waals surface area (Å²) >= 11 is 0. The third kappa shape index (κ3) is 7.90. The molecule has 0 aliphatic heterocycles. The average molecular weight is 494 g/mol. The second kappa shape index (κ2) is 12.6. The van der Waals surface area contributed by atoms with Gasteiger partial charge in [0.15, 0.2) is 11.5 Å². The van der Waals surface area contributed by atoms with Crippen molar-refractivity contribution in [1.29, 1.82) is 0 Å². The van der Waals surface area contributed by atoms with Crippen molar-refractivity contribution in [3.05, 3.63) is 93.8 Å². The fourth-order valence-electron chi connectivity index (χ4n) is 2.98. The first kappa shape index (κ1) is 25.8. The molecule has 0 aromatic heterocycles. The Morgan fingerprint density at radius 1 is 1.00 bits per heavy atom. The van der Waals surface area contributed by atoms with Crippen molar-refractivity contribution < 1.29 is 28.4 Å². The molecule has 0 radical (unpaired) electrons. The van der Waals surface area contributed by atoms with Gasteiger partial charge in [0.25, 0.3) is 5.69 Å². The second-order valence-corrected chi connectivity index (χ2v) is 7.47. The van der Waals surface area contributed by atoms with E-state index in [1.165, 1.54) is 49.7 Å². The predicted octanol–water partition coefficient (Wildman–Crippen LogP) is 4.19. The van der Waals surface area contributed by atoms with Gasteiger partial charge in [0, 0.05) is 30.7 Å². The highest BCUT2D eigenvalue weighted by molar-refractivity contribution is 5.93. The van der Waals surface area contributed by atoms with Crippen LogP contribution in [0.1, 0.15) is 24.0 Å². The fourth-order valence-corrected chi connectivity index (χ4v) is 2.98. The Kier molecular flexibility index (Phi) is 9.04. The number of nitrogens with zero attached hydrogens (tertiary/aromatic N) is 2. The van der Waals surface area contributed by atoms with E-state index in [2.05, 4.69) is 15.8 Å². The van der Waals surface area contributed by atoms with Gasteiger partial charge in [0.1, 0.15) is 12.4 Å². The molecule has 186 valence electrons. The minimum absolute atomic E-state index is 0.00917. The standard InChI is InChI=1S/C25H23FN4O6/c1-35-22-11-4-18(14-23(22)36-16-17-2-9-21(10-3-17)30(33)34)15-27-29-25(32)13-12-24(31)28-20-7-5-19(26)6-8-20/h2-11,14-15H,12-13,16H2,1H3,(H,28,31)(H,29,32). The zero-order chi connectivity index (χ0) is 25.9. The molecule has 0 fully saturated rings. The first-order valence-corrected chi connectivity index (χ1v) is 10.8. The Morgan fingerprint density at radius 3 is 2.36 bits per heavy atom. The van der Waals surface area contributed by atoms with Gasteiger partial charge in [0.05, 0.1) is 18.2 Å². The molecule has 2 amide bonds. The number of hydrazone groups is 1. The predicted molar refractivity (Wildman–Crippen MR) is 130 cm³/mol. The summed E-state index contributed by atoms with van der Waals surface area (Å²) in [6.45, 7) is 0.158. The van der Waals surface area contributed by atoms with Crippen molar-refractivity contribution in [3.63, 3.8) is 0 Å². The number of amides is 2. The quantitative estimate of drug-likeness (QED) is 0.233. The highest BCUT2D eigenvalue weighted by Gasteiger charge is 2.09. The van der Waals surface area contributed by atoms with Crippen molar-refractivity contribution in [3.8, 4) is 11.5 Å². The zero-order valence-electron chi connectivity index (χ0n) is 19.3. The van der Waals surface area contributed by atoms with Gasteiger partial charge in [-0.3, -0.25) is 19.7 Å². The van der Waals surface area contributed by atoms with Gasteiger partial charge in [-0.15, -0.1) is 0 Å². The number of ether oxygens (including phenoxy) is 2. The van der Waals surface area contributed by atoms with Gasteiger partial charge < -0.3 is 14.8 Å². The Morgan fingerprint density at radius 2 is 1.69 bits per heavy atom. The van der Waals surface area contributed by atoms with Gasteiger partial charge in [-0.05, 0) is 65.7 Å². The number of nitrogens with one attached hydrogen (secondary N) is 2. The van der Waals surface area contributed by atoms with E-state index in [0.29, 0.717) is 22.7 Å². The summed E-state index contributed by atoms with van der Waals surface area (Å²) in [7, 11) is 1.49. The molecule has 0 atom stereocenters. The Bertz CT molecular complexity index is 1250. The van der Waals surface area contributed by atoms with Crippen LogP contribution in [-0.2, 0) is 16.2 Å². The molecule has 0 heterocycles. The topological polar surface area (TPSA) is 132 Å². The van der Waals surface area contributed by atoms with E-state index in [4.69, 9.17) is 9.47 Å². The lowest BCUT2D eigenvalue weighted by molar-refractivity contribution is -0.384. The number of anilines is 1. The van der Waals surface area contributed by atoms with Gasteiger partial charge in [0.2, 0.25) is 11.8 Å². The van der Waals surface area contributed by atoms with Crippen LogP contribution in [0.3, 0.4) is 0 Å². The van der Waals surface area contributed by atoms with Crippen molar-refractivity contribution in [1.82, 2.24) is 5.43 Å². The third-order valence-corrected chi connectivity index (χ3v) is 4.84. The Hall–Kier alpha value is -4.80. The number of carbonyl (C=O) groups is 2. The maximum absolute atomic E-state index is 12.9. The van der Waals surface area contributed by atoms with Crippen LogP contribution in [0.25, 0.3) is 0 Å². The van der Waals surface area contributed by atoms with Crippen LogP contribution in [0.15, 0.2) is 71.8 Å². The van der Waals surface area contributed by atoms with E-state index in [0.717, 1.165) is 5.56 Å². The van der Waals surface area contributed by atoms with Crippen LogP contribution in [0.5, 0.6) is 11.5 Å². The Balaban J connectivity index is 1.49. The minimum Gasteiger partial charge on any atom is -0.493 e. The number of halogens is 1. The molecule has 11 heteroatoms.